The lowest BCUT2D eigenvalue weighted by molar-refractivity contribution is 0.0938. The molecule has 2 atom stereocenters. The fourth-order valence-corrected chi connectivity index (χ4v) is 1.95. The van der Waals surface area contributed by atoms with Crippen LogP contribution in [0.2, 0.25) is 0 Å². The molecule has 1 aromatic heterocycles. The predicted octanol–water partition coefficient (Wildman–Crippen LogP) is 2.51. The van der Waals surface area contributed by atoms with Gasteiger partial charge >= 0.3 is 0 Å². The van der Waals surface area contributed by atoms with Gasteiger partial charge in [-0.05, 0) is 19.4 Å². The Labute approximate surface area is 103 Å². The lowest BCUT2D eigenvalue weighted by atomic mass is 10.2. The Balaban J connectivity index is 2.59. The van der Waals surface area contributed by atoms with Gasteiger partial charge in [-0.2, -0.15) is 0 Å². The van der Waals surface area contributed by atoms with E-state index >= 15 is 0 Å². The number of pyridine rings is 1. The number of rotatable bonds is 4. The Hall–Kier alpha value is -0.970. The highest BCUT2D eigenvalue weighted by molar-refractivity contribution is 9.09. The molecule has 0 spiro atoms. The molecule has 0 aliphatic rings. The number of halogens is 2. The van der Waals surface area contributed by atoms with Crippen molar-refractivity contribution in [3.8, 4) is 0 Å². The van der Waals surface area contributed by atoms with E-state index in [2.05, 4.69) is 26.2 Å². The lowest BCUT2D eigenvalue weighted by Crippen LogP contribution is -2.33. The van der Waals surface area contributed by atoms with Crippen molar-refractivity contribution in [2.75, 3.05) is 0 Å². The SMILES string of the molecule is CC(Br)CC(C)NC(=O)c1cncc(F)c1. The average Bonchev–Trinajstić information content (AvgIpc) is 2.16. The maximum Gasteiger partial charge on any atom is 0.253 e. The first-order valence-corrected chi connectivity index (χ1v) is 5.96. The zero-order valence-electron chi connectivity index (χ0n) is 9.21. The number of hydrogen-bond donors (Lipinski definition) is 1. The summed E-state index contributed by atoms with van der Waals surface area (Å²) in [4.78, 5) is 15.6. The summed E-state index contributed by atoms with van der Waals surface area (Å²) in [5, 5.41) is 2.78. The number of carbonyl (C=O) groups is 1. The molecule has 0 fully saturated rings. The van der Waals surface area contributed by atoms with Crippen molar-refractivity contribution in [1.29, 1.82) is 0 Å². The minimum absolute atomic E-state index is 0.0325. The highest BCUT2D eigenvalue weighted by Gasteiger charge is 2.12. The van der Waals surface area contributed by atoms with Crippen molar-refractivity contribution >= 4 is 21.8 Å². The van der Waals surface area contributed by atoms with Crippen molar-refractivity contribution in [1.82, 2.24) is 10.3 Å². The molecule has 1 rings (SSSR count). The van der Waals surface area contributed by atoms with Crippen LogP contribution in [0.4, 0.5) is 4.39 Å². The van der Waals surface area contributed by atoms with Crippen LogP contribution < -0.4 is 5.32 Å². The molecule has 5 heteroatoms. The molecule has 2 unspecified atom stereocenters. The number of hydrogen-bond acceptors (Lipinski definition) is 2. The van der Waals surface area contributed by atoms with Crippen molar-refractivity contribution in [3.63, 3.8) is 0 Å². The second-order valence-corrected chi connectivity index (χ2v) is 5.35. The Morgan fingerprint density at radius 1 is 1.56 bits per heavy atom. The fraction of sp³-hybridized carbons (Fsp3) is 0.455. The van der Waals surface area contributed by atoms with Crippen LogP contribution in [-0.4, -0.2) is 21.8 Å². The van der Waals surface area contributed by atoms with Gasteiger partial charge in [-0.3, -0.25) is 9.78 Å². The van der Waals surface area contributed by atoms with Gasteiger partial charge in [0, 0.05) is 17.1 Å². The highest BCUT2D eigenvalue weighted by Crippen LogP contribution is 2.08. The van der Waals surface area contributed by atoms with Crippen LogP contribution in [0.3, 0.4) is 0 Å². The van der Waals surface area contributed by atoms with Gasteiger partial charge in [-0.25, -0.2) is 4.39 Å². The molecule has 1 heterocycles. The lowest BCUT2D eigenvalue weighted by Gasteiger charge is -2.14. The van der Waals surface area contributed by atoms with E-state index in [1.807, 2.05) is 13.8 Å². The molecular weight excluding hydrogens is 275 g/mol. The summed E-state index contributed by atoms with van der Waals surface area (Å²) in [6, 6.07) is 1.21. The van der Waals surface area contributed by atoms with Gasteiger partial charge in [-0.15, -0.1) is 0 Å². The smallest absolute Gasteiger partial charge is 0.253 e. The molecule has 1 N–H and O–H groups in total. The molecule has 0 saturated carbocycles. The van der Waals surface area contributed by atoms with Crippen molar-refractivity contribution < 1.29 is 9.18 Å². The molecule has 0 aliphatic heterocycles. The quantitative estimate of drug-likeness (QED) is 0.865. The van der Waals surface area contributed by atoms with Gasteiger partial charge in [0.2, 0.25) is 0 Å². The van der Waals surface area contributed by atoms with Gasteiger partial charge in [0.15, 0.2) is 0 Å². The molecule has 88 valence electrons. The standard InChI is InChI=1S/C11H14BrFN2O/c1-7(12)3-8(2)15-11(16)9-4-10(13)6-14-5-9/h4-8H,3H2,1-2H3,(H,15,16). The van der Waals surface area contributed by atoms with E-state index in [-0.39, 0.29) is 17.5 Å². The van der Waals surface area contributed by atoms with Crippen LogP contribution in [0.5, 0.6) is 0 Å². The van der Waals surface area contributed by atoms with Crippen molar-refractivity contribution in [2.24, 2.45) is 0 Å². The Bertz CT molecular complexity index is 371. The predicted molar refractivity (Wildman–Crippen MR) is 64.1 cm³/mol. The van der Waals surface area contributed by atoms with Gasteiger partial charge < -0.3 is 5.32 Å². The molecule has 0 aliphatic carbocycles. The maximum absolute atomic E-state index is 12.8. The minimum atomic E-state index is -0.505. The fourth-order valence-electron chi connectivity index (χ4n) is 1.39. The molecule has 1 aromatic rings. The van der Waals surface area contributed by atoms with Gasteiger partial charge in [0.05, 0.1) is 11.8 Å². The van der Waals surface area contributed by atoms with E-state index in [1.54, 1.807) is 0 Å². The first kappa shape index (κ1) is 13.1. The van der Waals surface area contributed by atoms with Crippen LogP contribution in [0, 0.1) is 5.82 Å². The topological polar surface area (TPSA) is 42.0 Å². The highest BCUT2D eigenvalue weighted by atomic mass is 79.9. The Morgan fingerprint density at radius 2 is 2.25 bits per heavy atom. The minimum Gasteiger partial charge on any atom is -0.349 e. The molecule has 0 saturated heterocycles. The molecule has 0 bridgehead atoms. The van der Waals surface area contributed by atoms with E-state index in [0.717, 1.165) is 12.6 Å². The zero-order chi connectivity index (χ0) is 12.1. The molecule has 16 heavy (non-hydrogen) atoms. The molecule has 0 radical (unpaired) electrons. The van der Waals surface area contributed by atoms with Crippen LogP contribution in [0.15, 0.2) is 18.5 Å². The second kappa shape index (κ2) is 5.94. The number of aromatic nitrogens is 1. The molecule has 0 aromatic carbocycles. The Kier molecular flexibility index (Phi) is 4.86. The van der Waals surface area contributed by atoms with Crippen LogP contribution in [0.1, 0.15) is 30.6 Å². The van der Waals surface area contributed by atoms with Crippen molar-refractivity contribution in [2.45, 2.75) is 31.1 Å². The Morgan fingerprint density at radius 3 is 2.81 bits per heavy atom. The summed E-state index contributed by atoms with van der Waals surface area (Å²) in [6.45, 7) is 3.91. The summed E-state index contributed by atoms with van der Waals surface area (Å²) in [5.74, 6) is -0.804. The monoisotopic (exact) mass is 288 g/mol. The molecular formula is C11H14BrFN2O. The van der Waals surface area contributed by atoms with Crippen LogP contribution >= 0.6 is 15.9 Å². The first-order chi connectivity index (χ1) is 7.49. The normalized spacial score (nSPS) is 14.2. The van der Waals surface area contributed by atoms with Crippen molar-refractivity contribution in [3.05, 3.63) is 29.8 Å². The van der Waals surface area contributed by atoms with E-state index in [9.17, 15) is 9.18 Å². The van der Waals surface area contributed by atoms with E-state index in [0.29, 0.717) is 4.83 Å². The van der Waals surface area contributed by atoms with Gasteiger partial charge in [-0.1, -0.05) is 22.9 Å². The van der Waals surface area contributed by atoms with Gasteiger partial charge in [0.25, 0.3) is 5.91 Å². The van der Waals surface area contributed by atoms with Crippen LogP contribution in [0.25, 0.3) is 0 Å². The molecule has 1 amide bonds. The second-order valence-electron chi connectivity index (χ2n) is 3.78. The third-order valence-corrected chi connectivity index (χ3v) is 2.40. The van der Waals surface area contributed by atoms with Gasteiger partial charge in [0.1, 0.15) is 5.82 Å². The van der Waals surface area contributed by atoms with Crippen LogP contribution in [-0.2, 0) is 0 Å². The summed E-state index contributed by atoms with van der Waals surface area (Å²) in [6.07, 6.45) is 3.23. The van der Waals surface area contributed by atoms with E-state index < -0.39 is 5.82 Å². The number of alkyl halides is 1. The van der Waals surface area contributed by atoms with E-state index in [4.69, 9.17) is 0 Å². The summed E-state index contributed by atoms with van der Waals surface area (Å²) >= 11 is 3.41. The maximum atomic E-state index is 12.8. The van der Waals surface area contributed by atoms with E-state index in [1.165, 1.54) is 12.3 Å². The first-order valence-electron chi connectivity index (χ1n) is 5.04. The summed E-state index contributed by atoms with van der Waals surface area (Å²) in [5.41, 5.74) is 0.245. The number of amides is 1. The number of nitrogens with one attached hydrogen (secondary N) is 1. The molecule has 3 nitrogen and oxygen atoms in total. The summed E-state index contributed by atoms with van der Waals surface area (Å²) < 4.78 is 12.8. The largest absolute Gasteiger partial charge is 0.349 e. The summed E-state index contributed by atoms with van der Waals surface area (Å²) in [7, 11) is 0. The third-order valence-electron chi connectivity index (χ3n) is 2.02. The zero-order valence-corrected chi connectivity index (χ0v) is 10.8. The number of nitrogens with zero attached hydrogens (tertiary/aromatic N) is 1. The average molecular weight is 289 g/mol. The third kappa shape index (κ3) is 4.26. The number of carbonyl (C=O) groups excluding carboxylic acids is 1.